The second kappa shape index (κ2) is 7.43. The molecule has 0 atom stereocenters. The van der Waals surface area contributed by atoms with Crippen LogP contribution in [0.15, 0.2) is 50.8 Å². The summed E-state index contributed by atoms with van der Waals surface area (Å²) in [5, 5.41) is 13.9. The molecular weight excluding hydrogens is 418 g/mol. The molecule has 1 fully saturated rings. The maximum absolute atomic E-state index is 12.1. The molecule has 1 N–H and O–H groups in total. The number of nitro groups is 1. The van der Waals surface area contributed by atoms with Crippen molar-refractivity contribution in [3.05, 3.63) is 72.6 Å². The highest BCUT2D eigenvalue weighted by molar-refractivity contribution is 9.10. The Bertz CT molecular complexity index is 945. The van der Waals surface area contributed by atoms with Crippen LogP contribution in [0.4, 0.5) is 11.4 Å². The Kier molecular flexibility index (Phi) is 5.24. The molecule has 0 radical (unpaired) electrons. The van der Waals surface area contributed by atoms with E-state index in [0.29, 0.717) is 15.6 Å². The summed E-state index contributed by atoms with van der Waals surface area (Å²) < 4.78 is 1.04. The molecule has 1 aliphatic rings. The fraction of sp³-hybridized carbons (Fsp3) is 0.111. The molecule has 2 aromatic rings. The number of hydrogen-bond donors (Lipinski definition) is 1. The fourth-order valence-corrected chi connectivity index (χ4v) is 3.50. The summed E-state index contributed by atoms with van der Waals surface area (Å²) in [6.07, 6.45) is 1.68. The number of aliphatic imine (C=N–C) groups is 1. The lowest BCUT2D eigenvalue weighted by Gasteiger charge is -2.04. The second-order valence-electron chi connectivity index (χ2n) is 5.72. The lowest BCUT2D eigenvalue weighted by molar-refractivity contribution is -0.384. The highest BCUT2D eigenvalue weighted by Crippen LogP contribution is 2.31. The molecule has 0 aromatic heterocycles. The van der Waals surface area contributed by atoms with Gasteiger partial charge in [0, 0.05) is 16.6 Å². The molecule has 3 rings (SSSR count). The summed E-state index contributed by atoms with van der Waals surface area (Å²) in [5.41, 5.74) is 3.63. The Balaban J connectivity index is 1.83. The molecular formula is C18H14BrN3O3S. The second-order valence-corrected chi connectivity index (χ2v) is 7.55. The number of nitrogens with zero attached hydrogens (tertiary/aromatic N) is 2. The number of amides is 1. The minimum atomic E-state index is -0.457. The van der Waals surface area contributed by atoms with Gasteiger partial charge in [-0.15, -0.1) is 0 Å². The number of nitrogens with one attached hydrogen (secondary N) is 1. The maximum atomic E-state index is 12.1. The normalized spacial score (nSPS) is 17.0. The topological polar surface area (TPSA) is 84.6 Å². The van der Waals surface area contributed by atoms with Gasteiger partial charge in [0.15, 0.2) is 5.17 Å². The van der Waals surface area contributed by atoms with E-state index in [1.54, 1.807) is 18.2 Å². The monoisotopic (exact) mass is 431 g/mol. The third kappa shape index (κ3) is 4.03. The van der Waals surface area contributed by atoms with Gasteiger partial charge in [-0.25, -0.2) is 4.99 Å². The van der Waals surface area contributed by atoms with Crippen molar-refractivity contribution in [3.8, 4) is 0 Å². The van der Waals surface area contributed by atoms with Crippen LogP contribution in [-0.4, -0.2) is 16.0 Å². The van der Waals surface area contributed by atoms with Crippen LogP contribution in [0.2, 0.25) is 0 Å². The Hall–Kier alpha value is -2.45. The lowest BCUT2D eigenvalue weighted by atomic mass is 10.1. The van der Waals surface area contributed by atoms with Crippen molar-refractivity contribution in [2.75, 3.05) is 0 Å². The smallest absolute Gasteiger partial charge is 0.269 e. The third-order valence-corrected chi connectivity index (χ3v) is 5.87. The van der Waals surface area contributed by atoms with Crippen molar-refractivity contribution >= 4 is 56.2 Å². The molecule has 1 saturated heterocycles. The van der Waals surface area contributed by atoms with E-state index in [9.17, 15) is 14.9 Å². The first-order valence-electron chi connectivity index (χ1n) is 7.64. The van der Waals surface area contributed by atoms with Crippen molar-refractivity contribution in [3.63, 3.8) is 0 Å². The zero-order chi connectivity index (χ0) is 18.8. The Morgan fingerprint density at radius 3 is 2.38 bits per heavy atom. The number of hydrogen-bond acceptors (Lipinski definition) is 5. The van der Waals surface area contributed by atoms with E-state index in [2.05, 4.69) is 26.2 Å². The molecule has 0 unspecified atom stereocenters. The molecule has 1 heterocycles. The van der Waals surface area contributed by atoms with Crippen LogP contribution in [0.5, 0.6) is 0 Å². The first-order valence-corrected chi connectivity index (χ1v) is 9.25. The first-order chi connectivity index (χ1) is 12.3. The fourth-order valence-electron chi connectivity index (χ4n) is 2.43. The van der Waals surface area contributed by atoms with Crippen LogP contribution in [-0.2, 0) is 4.79 Å². The van der Waals surface area contributed by atoms with Gasteiger partial charge in [0.05, 0.1) is 15.5 Å². The number of non-ortho nitro benzene ring substituents is 1. The van der Waals surface area contributed by atoms with E-state index in [4.69, 9.17) is 0 Å². The van der Waals surface area contributed by atoms with Crippen LogP contribution in [0.3, 0.4) is 0 Å². The largest absolute Gasteiger partial charge is 0.300 e. The van der Waals surface area contributed by atoms with E-state index < -0.39 is 4.92 Å². The van der Waals surface area contributed by atoms with Crippen LogP contribution in [0, 0.1) is 24.0 Å². The molecule has 132 valence electrons. The molecule has 1 aliphatic heterocycles. The average Bonchev–Trinajstić information content (AvgIpc) is 2.92. The van der Waals surface area contributed by atoms with Gasteiger partial charge in [0.2, 0.25) is 0 Å². The summed E-state index contributed by atoms with van der Waals surface area (Å²) in [6.45, 7) is 3.97. The summed E-state index contributed by atoms with van der Waals surface area (Å²) in [4.78, 5) is 27.4. The van der Waals surface area contributed by atoms with Gasteiger partial charge in [0.25, 0.3) is 11.6 Å². The predicted molar refractivity (Wildman–Crippen MR) is 108 cm³/mol. The number of halogens is 1. The quantitative estimate of drug-likeness (QED) is 0.426. The van der Waals surface area contributed by atoms with E-state index in [1.165, 1.54) is 23.9 Å². The van der Waals surface area contributed by atoms with Crippen molar-refractivity contribution in [1.82, 2.24) is 5.32 Å². The van der Waals surface area contributed by atoms with Crippen LogP contribution < -0.4 is 5.32 Å². The number of carbonyl (C=O) groups is 1. The van der Waals surface area contributed by atoms with Gasteiger partial charge in [-0.2, -0.15) is 0 Å². The molecule has 26 heavy (non-hydrogen) atoms. The minimum absolute atomic E-state index is 0.0129. The van der Waals surface area contributed by atoms with E-state index in [-0.39, 0.29) is 11.6 Å². The summed E-state index contributed by atoms with van der Waals surface area (Å²) in [6, 6.07) is 9.91. The summed E-state index contributed by atoms with van der Waals surface area (Å²) in [5.74, 6) is -0.238. The number of benzene rings is 2. The Morgan fingerprint density at radius 1 is 1.19 bits per heavy atom. The number of amidine groups is 1. The molecule has 6 nitrogen and oxygen atoms in total. The summed E-state index contributed by atoms with van der Waals surface area (Å²) >= 11 is 4.76. The maximum Gasteiger partial charge on any atom is 0.269 e. The van der Waals surface area contributed by atoms with E-state index in [0.717, 1.165) is 21.3 Å². The Morgan fingerprint density at radius 2 is 1.81 bits per heavy atom. The SMILES string of the molecule is Cc1cc(N=C2NC(=O)/C(=C/c3ccc([N+](=O)[O-])cc3)S2)cc(C)c1Br. The molecule has 8 heteroatoms. The molecule has 0 saturated carbocycles. The number of thioether (sulfide) groups is 1. The number of rotatable bonds is 3. The van der Waals surface area contributed by atoms with Crippen molar-refractivity contribution < 1.29 is 9.72 Å². The van der Waals surface area contributed by atoms with E-state index in [1.807, 2.05) is 26.0 Å². The number of nitro benzene ring substituents is 1. The first kappa shape index (κ1) is 18.3. The van der Waals surface area contributed by atoms with E-state index >= 15 is 0 Å². The molecule has 1 amide bonds. The molecule has 2 aromatic carbocycles. The van der Waals surface area contributed by atoms with Crippen molar-refractivity contribution in [2.24, 2.45) is 4.99 Å². The van der Waals surface area contributed by atoms with Gasteiger partial charge < -0.3 is 5.32 Å². The lowest BCUT2D eigenvalue weighted by Crippen LogP contribution is -2.19. The van der Waals surface area contributed by atoms with Crippen molar-refractivity contribution in [2.45, 2.75) is 13.8 Å². The van der Waals surface area contributed by atoms with Crippen molar-refractivity contribution in [1.29, 1.82) is 0 Å². The zero-order valence-corrected chi connectivity index (χ0v) is 16.3. The number of carbonyl (C=O) groups excluding carboxylic acids is 1. The standard InChI is InChI=1S/C18H14BrN3O3S/c1-10-7-13(8-11(2)16(10)19)20-18-21-17(23)15(26-18)9-12-3-5-14(6-4-12)22(24)25/h3-9H,1-2H3,(H,20,21,23)/b15-9-. The van der Waals surface area contributed by atoms with Gasteiger partial charge in [-0.3, -0.25) is 14.9 Å². The van der Waals surface area contributed by atoms with Crippen LogP contribution in [0.25, 0.3) is 6.08 Å². The molecule has 0 bridgehead atoms. The Labute approximate surface area is 162 Å². The van der Waals surface area contributed by atoms with Crippen LogP contribution >= 0.6 is 27.7 Å². The van der Waals surface area contributed by atoms with Crippen LogP contribution in [0.1, 0.15) is 16.7 Å². The predicted octanol–water partition coefficient (Wildman–Crippen LogP) is 4.87. The third-order valence-electron chi connectivity index (χ3n) is 3.70. The van der Waals surface area contributed by atoms with Gasteiger partial charge in [-0.1, -0.05) is 15.9 Å². The zero-order valence-electron chi connectivity index (χ0n) is 13.9. The number of aryl methyl sites for hydroxylation is 2. The highest BCUT2D eigenvalue weighted by atomic mass is 79.9. The molecule has 0 aliphatic carbocycles. The average molecular weight is 432 g/mol. The molecule has 0 spiro atoms. The van der Waals surface area contributed by atoms with Gasteiger partial charge in [0.1, 0.15) is 0 Å². The minimum Gasteiger partial charge on any atom is -0.300 e. The van der Waals surface area contributed by atoms with Gasteiger partial charge >= 0.3 is 0 Å². The van der Waals surface area contributed by atoms with Gasteiger partial charge in [-0.05, 0) is 72.6 Å². The highest BCUT2D eigenvalue weighted by Gasteiger charge is 2.24. The summed E-state index contributed by atoms with van der Waals surface area (Å²) in [7, 11) is 0.